The highest BCUT2D eigenvalue weighted by Crippen LogP contribution is 2.30. The van der Waals surface area contributed by atoms with Crippen molar-refractivity contribution in [2.45, 2.75) is 72.0 Å². The zero-order chi connectivity index (χ0) is 24.1. The van der Waals surface area contributed by atoms with Crippen LogP contribution in [0.5, 0.6) is 0 Å². The molecular formula is C29H43N5. The van der Waals surface area contributed by atoms with Gasteiger partial charge in [0.2, 0.25) is 0 Å². The van der Waals surface area contributed by atoms with Crippen LogP contribution < -0.4 is 5.32 Å². The number of aryl methyl sites for hydroxylation is 1. The van der Waals surface area contributed by atoms with E-state index in [9.17, 15) is 0 Å². The molecule has 1 aromatic heterocycles. The fourth-order valence-corrected chi connectivity index (χ4v) is 5.08. The number of aromatic nitrogens is 2. The Bertz CT molecular complexity index is 990. The van der Waals surface area contributed by atoms with Crippen LogP contribution in [0.3, 0.4) is 0 Å². The Morgan fingerprint density at radius 2 is 1.82 bits per heavy atom. The quantitative estimate of drug-likeness (QED) is 0.533. The van der Waals surface area contributed by atoms with Gasteiger partial charge in [0.05, 0.1) is 12.1 Å². The first-order valence-corrected chi connectivity index (χ1v) is 13.2. The molecule has 0 saturated carbocycles. The van der Waals surface area contributed by atoms with Crippen molar-refractivity contribution in [3.8, 4) is 0 Å². The monoisotopic (exact) mass is 461 g/mol. The van der Waals surface area contributed by atoms with Gasteiger partial charge in [0, 0.05) is 45.2 Å². The summed E-state index contributed by atoms with van der Waals surface area (Å²) in [6.45, 7) is 17.9. The van der Waals surface area contributed by atoms with Crippen molar-refractivity contribution < 1.29 is 0 Å². The molecule has 184 valence electrons. The van der Waals surface area contributed by atoms with Gasteiger partial charge < -0.3 is 9.88 Å². The van der Waals surface area contributed by atoms with E-state index in [2.05, 4.69) is 103 Å². The van der Waals surface area contributed by atoms with Crippen molar-refractivity contribution in [1.29, 1.82) is 0 Å². The molecule has 5 heteroatoms. The molecule has 1 aromatic carbocycles. The highest BCUT2D eigenvalue weighted by molar-refractivity contribution is 5.67. The van der Waals surface area contributed by atoms with E-state index in [1.807, 2.05) is 0 Å². The number of fused-ring (bicyclic) bond motifs is 1. The van der Waals surface area contributed by atoms with E-state index in [0.29, 0.717) is 0 Å². The van der Waals surface area contributed by atoms with E-state index in [4.69, 9.17) is 4.98 Å². The Morgan fingerprint density at radius 3 is 2.50 bits per heavy atom. The Balaban J connectivity index is 1.32. The molecule has 4 rings (SSSR count). The first kappa shape index (κ1) is 24.7. The Morgan fingerprint density at radius 1 is 1.09 bits per heavy atom. The molecule has 2 aromatic rings. The lowest BCUT2D eigenvalue weighted by Crippen LogP contribution is -2.49. The fourth-order valence-electron chi connectivity index (χ4n) is 5.08. The van der Waals surface area contributed by atoms with Crippen LogP contribution in [-0.2, 0) is 13.0 Å². The smallest absolute Gasteiger partial charge is 0.134 e. The van der Waals surface area contributed by atoms with E-state index >= 15 is 0 Å². The molecule has 34 heavy (non-hydrogen) atoms. The minimum atomic E-state index is -0.0507. The van der Waals surface area contributed by atoms with Gasteiger partial charge in [-0.1, -0.05) is 62.8 Å². The number of anilines is 1. The number of piperazine rings is 1. The number of nitrogens with one attached hydrogen (secondary N) is 1. The lowest BCUT2D eigenvalue weighted by atomic mass is 10.0. The first-order chi connectivity index (χ1) is 16.4. The average molecular weight is 462 g/mol. The van der Waals surface area contributed by atoms with E-state index in [1.54, 1.807) is 0 Å². The summed E-state index contributed by atoms with van der Waals surface area (Å²) in [5.74, 6) is 2.27. The maximum absolute atomic E-state index is 4.85. The molecule has 1 saturated heterocycles. The molecule has 1 fully saturated rings. The van der Waals surface area contributed by atoms with Crippen molar-refractivity contribution in [1.82, 2.24) is 19.4 Å². The third-order valence-electron chi connectivity index (χ3n) is 7.22. The molecule has 0 radical (unpaired) electrons. The second kappa shape index (κ2) is 10.9. The SMILES string of the molecule is CCCC(C)N1CCN(CC=Cc2ccc(Cn3c(CC)nc4c3NC(C)(C)C=C4)cc2)CC1. The number of benzene rings is 1. The highest BCUT2D eigenvalue weighted by Gasteiger charge is 2.25. The summed E-state index contributed by atoms with van der Waals surface area (Å²) in [5, 5.41) is 3.66. The average Bonchev–Trinajstić information content (AvgIpc) is 3.16. The van der Waals surface area contributed by atoms with Crippen molar-refractivity contribution in [3.63, 3.8) is 0 Å². The van der Waals surface area contributed by atoms with Gasteiger partial charge in [0.25, 0.3) is 0 Å². The van der Waals surface area contributed by atoms with Crippen LogP contribution in [0.25, 0.3) is 12.2 Å². The van der Waals surface area contributed by atoms with Gasteiger partial charge in [0.15, 0.2) is 0 Å². The Labute approximate surface area is 206 Å². The topological polar surface area (TPSA) is 36.3 Å². The van der Waals surface area contributed by atoms with E-state index in [-0.39, 0.29) is 5.54 Å². The second-order valence-corrected chi connectivity index (χ2v) is 10.5. The van der Waals surface area contributed by atoms with E-state index in [0.717, 1.165) is 42.9 Å². The predicted octanol–water partition coefficient (Wildman–Crippen LogP) is 5.53. The highest BCUT2D eigenvalue weighted by atomic mass is 15.3. The van der Waals surface area contributed by atoms with Crippen LogP contribution in [0.15, 0.2) is 36.4 Å². The third-order valence-corrected chi connectivity index (χ3v) is 7.22. The predicted molar refractivity (Wildman–Crippen MR) is 145 cm³/mol. The largest absolute Gasteiger partial charge is 0.361 e. The maximum Gasteiger partial charge on any atom is 0.134 e. The minimum Gasteiger partial charge on any atom is -0.361 e. The maximum atomic E-state index is 4.85. The number of imidazole rings is 1. The van der Waals surface area contributed by atoms with Crippen LogP contribution >= 0.6 is 0 Å². The molecule has 5 nitrogen and oxygen atoms in total. The molecule has 0 aliphatic carbocycles. The molecule has 2 aliphatic heterocycles. The normalized spacial score (nSPS) is 19.3. The lowest BCUT2D eigenvalue weighted by molar-refractivity contribution is 0.106. The molecular weight excluding hydrogens is 418 g/mol. The van der Waals surface area contributed by atoms with Crippen molar-refractivity contribution in [3.05, 3.63) is 59.1 Å². The van der Waals surface area contributed by atoms with E-state index in [1.165, 1.54) is 50.1 Å². The van der Waals surface area contributed by atoms with Crippen LogP contribution in [0.2, 0.25) is 0 Å². The number of hydrogen-bond acceptors (Lipinski definition) is 4. The summed E-state index contributed by atoms with van der Waals surface area (Å²) in [4.78, 5) is 10.1. The van der Waals surface area contributed by atoms with Crippen LogP contribution in [-0.4, -0.2) is 63.7 Å². The minimum absolute atomic E-state index is 0.0507. The molecule has 3 heterocycles. The van der Waals surface area contributed by atoms with Gasteiger partial charge >= 0.3 is 0 Å². The molecule has 1 atom stereocenters. The second-order valence-electron chi connectivity index (χ2n) is 10.5. The van der Waals surface area contributed by atoms with Crippen molar-refractivity contribution in [2.75, 3.05) is 38.0 Å². The zero-order valence-corrected chi connectivity index (χ0v) is 21.8. The van der Waals surface area contributed by atoms with Gasteiger partial charge in [-0.05, 0) is 44.4 Å². The van der Waals surface area contributed by atoms with Crippen molar-refractivity contribution >= 4 is 18.0 Å². The zero-order valence-electron chi connectivity index (χ0n) is 21.8. The molecule has 0 spiro atoms. The molecule has 2 aliphatic rings. The Hall–Kier alpha value is -2.37. The summed E-state index contributed by atoms with van der Waals surface area (Å²) < 4.78 is 2.34. The summed E-state index contributed by atoms with van der Waals surface area (Å²) >= 11 is 0. The molecule has 0 amide bonds. The fraction of sp³-hybridized carbons (Fsp3) is 0.552. The number of nitrogens with zero attached hydrogens (tertiary/aromatic N) is 4. The van der Waals surface area contributed by atoms with Crippen LogP contribution in [0.4, 0.5) is 5.82 Å². The summed E-state index contributed by atoms with van der Waals surface area (Å²) in [6, 6.07) is 9.71. The van der Waals surface area contributed by atoms with Crippen LogP contribution in [0.1, 0.15) is 70.1 Å². The van der Waals surface area contributed by atoms with Gasteiger partial charge in [-0.3, -0.25) is 9.80 Å². The standard InChI is InChI=1S/C29H43N5/c1-6-9-23(3)33-20-18-32(19-21-33)17-8-10-24-11-13-25(14-12-24)22-34-27(7-2)30-26-15-16-29(4,5)31-28(26)34/h8,10-16,23,31H,6-7,9,17-22H2,1-5H3. The molecule has 1 N–H and O–H groups in total. The summed E-state index contributed by atoms with van der Waals surface area (Å²) in [5.41, 5.74) is 3.57. The summed E-state index contributed by atoms with van der Waals surface area (Å²) in [7, 11) is 0. The van der Waals surface area contributed by atoms with Gasteiger partial charge in [0.1, 0.15) is 17.3 Å². The first-order valence-electron chi connectivity index (χ1n) is 13.2. The third kappa shape index (κ3) is 6.00. The van der Waals surface area contributed by atoms with Gasteiger partial charge in [-0.25, -0.2) is 4.98 Å². The number of rotatable bonds is 9. The number of hydrogen-bond donors (Lipinski definition) is 1. The Kier molecular flexibility index (Phi) is 7.95. The van der Waals surface area contributed by atoms with Gasteiger partial charge in [-0.2, -0.15) is 0 Å². The van der Waals surface area contributed by atoms with E-state index < -0.39 is 0 Å². The molecule has 1 unspecified atom stereocenters. The lowest BCUT2D eigenvalue weighted by Gasteiger charge is -2.37. The van der Waals surface area contributed by atoms with Gasteiger partial charge in [-0.15, -0.1) is 0 Å². The summed E-state index contributed by atoms with van der Waals surface area (Å²) in [6.07, 6.45) is 12.4. The van der Waals surface area contributed by atoms with Crippen molar-refractivity contribution in [2.24, 2.45) is 0 Å². The van der Waals surface area contributed by atoms with Crippen LogP contribution in [0, 0.1) is 0 Å². The molecule has 0 bridgehead atoms.